The highest BCUT2D eigenvalue weighted by molar-refractivity contribution is 4.67. The number of hydrogen-bond donors (Lipinski definition) is 0. The smallest absolute Gasteiger partial charge is 0.108 e. The standard InChI is InChI=1S/C8H16NO/c1-3-10-8(2)9-6-4-5-7-9/h3,8H,4-7H2,1-2H3. The SMILES string of the molecule is C[CH]OC(C)N1CCCC1. The quantitative estimate of drug-likeness (QED) is 0.593. The Kier molecular flexibility index (Phi) is 3.16. The van der Waals surface area contributed by atoms with Crippen LogP contribution in [0, 0.1) is 6.61 Å². The molecule has 1 aliphatic heterocycles. The van der Waals surface area contributed by atoms with E-state index < -0.39 is 0 Å². The first-order valence-electron chi connectivity index (χ1n) is 4.02. The summed E-state index contributed by atoms with van der Waals surface area (Å²) in [5.74, 6) is 0. The molecule has 0 amide bonds. The molecular weight excluding hydrogens is 126 g/mol. The Morgan fingerprint density at radius 1 is 1.40 bits per heavy atom. The summed E-state index contributed by atoms with van der Waals surface area (Å²) in [6, 6.07) is 0. The lowest BCUT2D eigenvalue weighted by molar-refractivity contribution is 0.0000778. The number of likely N-dealkylation sites (tertiary alicyclic amines) is 1. The predicted octanol–water partition coefficient (Wildman–Crippen LogP) is 1.63. The van der Waals surface area contributed by atoms with Gasteiger partial charge in [-0.25, -0.2) is 0 Å². The van der Waals surface area contributed by atoms with Crippen molar-refractivity contribution in [1.29, 1.82) is 0 Å². The van der Waals surface area contributed by atoms with Crippen LogP contribution in [-0.4, -0.2) is 24.2 Å². The molecule has 0 saturated carbocycles. The van der Waals surface area contributed by atoms with Gasteiger partial charge in [-0.2, -0.15) is 0 Å². The van der Waals surface area contributed by atoms with Crippen LogP contribution in [0.3, 0.4) is 0 Å². The number of ether oxygens (including phenoxy) is 1. The molecule has 0 spiro atoms. The van der Waals surface area contributed by atoms with Gasteiger partial charge >= 0.3 is 0 Å². The van der Waals surface area contributed by atoms with Gasteiger partial charge in [0.25, 0.3) is 0 Å². The summed E-state index contributed by atoms with van der Waals surface area (Å²) in [5, 5.41) is 0. The second-order valence-electron chi connectivity index (χ2n) is 2.71. The third kappa shape index (κ3) is 1.96. The predicted molar refractivity (Wildman–Crippen MR) is 41.3 cm³/mol. The van der Waals surface area contributed by atoms with Crippen molar-refractivity contribution in [2.45, 2.75) is 32.9 Å². The molecule has 2 nitrogen and oxygen atoms in total. The van der Waals surface area contributed by atoms with Crippen molar-refractivity contribution in [1.82, 2.24) is 4.90 Å². The van der Waals surface area contributed by atoms with Crippen molar-refractivity contribution in [2.24, 2.45) is 0 Å². The monoisotopic (exact) mass is 142 g/mol. The second-order valence-corrected chi connectivity index (χ2v) is 2.71. The zero-order valence-corrected chi connectivity index (χ0v) is 6.84. The average Bonchev–Trinajstić information content (AvgIpc) is 2.38. The van der Waals surface area contributed by atoms with Crippen molar-refractivity contribution in [3.05, 3.63) is 6.61 Å². The van der Waals surface area contributed by atoms with Gasteiger partial charge in [-0.3, -0.25) is 4.90 Å². The summed E-state index contributed by atoms with van der Waals surface area (Å²) in [5.41, 5.74) is 0. The first-order valence-corrected chi connectivity index (χ1v) is 4.02. The Bertz CT molecular complexity index is 89.3. The van der Waals surface area contributed by atoms with E-state index in [1.165, 1.54) is 25.9 Å². The van der Waals surface area contributed by atoms with E-state index in [0.29, 0.717) is 0 Å². The molecule has 1 unspecified atom stereocenters. The molecule has 59 valence electrons. The molecule has 1 radical (unpaired) electrons. The molecular formula is C8H16NO. The molecule has 0 aromatic carbocycles. The molecule has 0 aliphatic carbocycles. The molecule has 1 aliphatic rings. The average molecular weight is 142 g/mol. The maximum absolute atomic E-state index is 5.33. The normalized spacial score (nSPS) is 23.4. The van der Waals surface area contributed by atoms with Crippen LogP contribution in [0.4, 0.5) is 0 Å². The highest BCUT2D eigenvalue weighted by Crippen LogP contribution is 2.12. The van der Waals surface area contributed by atoms with Crippen molar-refractivity contribution >= 4 is 0 Å². The van der Waals surface area contributed by atoms with Gasteiger partial charge in [0.05, 0.1) is 6.61 Å². The Morgan fingerprint density at radius 2 is 2.00 bits per heavy atom. The molecule has 0 bridgehead atoms. The fraction of sp³-hybridized carbons (Fsp3) is 0.875. The Hall–Kier alpha value is -0.0800. The van der Waals surface area contributed by atoms with E-state index in [9.17, 15) is 0 Å². The molecule has 0 aromatic rings. The maximum atomic E-state index is 5.33. The largest absolute Gasteiger partial charge is 0.358 e. The van der Waals surface area contributed by atoms with Gasteiger partial charge in [-0.05, 0) is 26.7 Å². The van der Waals surface area contributed by atoms with Gasteiger partial charge in [-0.1, -0.05) is 0 Å². The van der Waals surface area contributed by atoms with Crippen LogP contribution in [0.5, 0.6) is 0 Å². The van der Waals surface area contributed by atoms with Crippen LogP contribution in [0.2, 0.25) is 0 Å². The van der Waals surface area contributed by atoms with Crippen LogP contribution in [0.25, 0.3) is 0 Å². The van der Waals surface area contributed by atoms with Crippen LogP contribution in [0.1, 0.15) is 26.7 Å². The van der Waals surface area contributed by atoms with E-state index in [4.69, 9.17) is 4.74 Å². The summed E-state index contributed by atoms with van der Waals surface area (Å²) >= 11 is 0. The zero-order valence-electron chi connectivity index (χ0n) is 6.84. The lowest BCUT2D eigenvalue weighted by Gasteiger charge is -2.22. The maximum Gasteiger partial charge on any atom is 0.108 e. The van der Waals surface area contributed by atoms with Gasteiger partial charge in [0, 0.05) is 13.1 Å². The summed E-state index contributed by atoms with van der Waals surface area (Å²) in [6.45, 7) is 8.20. The summed E-state index contributed by atoms with van der Waals surface area (Å²) in [6.07, 6.45) is 2.95. The molecule has 1 saturated heterocycles. The minimum Gasteiger partial charge on any atom is -0.358 e. The van der Waals surface area contributed by atoms with Crippen LogP contribution < -0.4 is 0 Å². The summed E-state index contributed by atoms with van der Waals surface area (Å²) in [4.78, 5) is 2.36. The molecule has 0 N–H and O–H groups in total. The van der Waals surface area contributed by atoms with Gasteiger partial charge in [0.1, 0.15) is 6.23 Å². The fourth-order valence-corrected chi connectivity index (χ4v) is 1.39. The molecule has 2 heteroatoms. The van der Waals surface area contributed by atoms with Crippen molar-refractivity contribution in [3.63, 3.8) is 0 Å². The zero-order chi connectivity index (χ0) is 7.40. The third-order valence-electron chi connectivity index (χ3n) is 1.99. The first kappa shape index (κ1) is 8.02. The van der Waals surface area contributed by atoms with E-state index in [1.807, 2.05) is 6.92 Å². The lowest BCUT2D eigenvalue weighted by Crippen LogP contribution is -2.31. The van der Waals surface area contributed by atoms with E-state index >= 15 is 0 Å². The van der Waals surface area contributed by atoms with E-state index in [-0.39, 0.29) is 6.23 Å². The number of rotatable bonds is 3. The van der Waals surface area contributed by atoms with Gasteiger partial charge < -0.3 is 4.74 Å². The lowest BCUT2D eigenvalue weighted by atomic mass is 10.4. The Labute approximate surface area is 63.2 Å². The van der Waals surface area contributed by atoms with Crippen LogP contribution in [0.15, 0.2) is 0 Å². The van der Waals surface area contributed by atoms with E-state index in [0.717, 1.165) is 0 Å². The minimum atomic E-state index is 0.285. The Balaban J connectivity index is 2.18. The molecule has 1 atom stereocenters. The highest BCUT2D eigenvalue weighted by Gasteiger charge is 2.17. The molecule has 1 rings (SSSR count). The molecule has 1 fully saturated rings. The van der Waals surface area contributed by atoms with Gasteiger partial charge in [0.2, 0.25) is 0 Å². The van der Waals surface area contributed by atoms with Crippen LogP contribution >= 0.6 is 0 Å². The molecule has 10 heavy (non-hydrogen) atoms. The fourth-order valence-electron chi connectivity index (χ4n) is 1.39. The second kappa shape index (κ2) is 3.94. The van der Waals surface area contributed by atoms with Gasteiger partial charge in [0.15, 0.2) is 0 Å². The Morgan fingerprint density at radius 3 is 2.50 bits per heavy atom. The summed E-state index contributed by atoms with van der Waals surface area (Å²) in [7, 11) is 0. The first-order chi connectivity index (χ1) is 4.84. The van der Waals surface area contributed by atoms with Crippen molar-refractivity contribution in [2.75, 3.05) is 13.1 Å². The molecule has 0 aromatic heterocycles. The third-order valence-corrected chi connectivity index (χ3v) is 1.99. The molecule has 1 heterocycles. The number of nitrogens with zero attached hydrogens (tertiary/aromatic N) is 1. The topological polar surface area (TPSA) is 12.5 Å². The highest BCUT2D eigenvalue weighted by atomic mass is 16.5. The summed E-state index contributed by atoms with van der Waals surface area (Å²) < 4.78 is 5.33. The van der Waals surface area contributed by atoms with Gasteiger partial charge in [-0.15, -0.1) is 0 Å². The number of hydrogen-bond acceptors (Lipinski definition) is 2. The van der Waals surface area contributed by atoms with Crippen molar-refractivity contribution in [3.8, 4) is 0 Å². The minimum absolute atomic E-state index is 0.285. The van der Waals surface area contributed by atoms with Crippen LogP contribution in [-0.2, 0) is 4.74 Å². The van der Waals surface area contributed by atoms with Crippen molar-refractivity contribution < 1.29 is 4.74 Å². The van der Waals surface area contributed by atoms with E-state index in [2.05, 4.69) is 11.8 Å². The van der Waals surface area contributed by atoms with E-state index in [1.54, 1.807) is 6.61 Å².